The molecular formula is C6H11NO. The van der Waals surface area contributed by atoms with E-state index >= 15 is 0 Å². The van der Waals surface area contributed by atoms with Crippen molar-refractivity contribution in [2.24, 2.45) is 5.73 Å². The zero-order valence-corrected chi connectivity index (χ0v) is 4.89. The zero-order chi connectivity index (χ0) is 5.61. The summed E-state index contributed by atoms with van der Waals surface area (Å²) in [6.45, 7) is 0.925. The van der Waals surface area contributed by atoms with Gasteiger partial charge in [0.15, 0.2) is 0 Å². The second kappa shape index (κ2) is 1.25. The lowest BCUT2D eigenvalue weighted by atomic mass is 10.1. The number of rotatable bonds is 0. The first kappa shape index (κ1) is 4.77. The smallest absolute Gasteiger partial charge is 0.107 e. The third kappa shape index (κ3) is 0.446. The first-order valence-corrected chi connectivity index (χ1v) is 3.23. The predicted octanol–water partition coefficient (Wildman–Crippen LogP) is 0.267. The van der Waals surface area contributed by atoms with Gasteiger partial charge in [0.2, 0.25) is 0 Å². The van der Waals surface area contributed by atoms with Gasteiger partial charge < -0.3 is 10.5 Å². The molecule has 46 valence electrons. The Hall–Kier alpha value is -0.0800. The Bertz CT molecular complexity index is 109. The van der Waals surface area contributed by atoms with Gasteiger partial charge in [-0.05, 0) is 19.3 Å². The minimum Gasteiger partial charge on any atom is -0.368 e. The summed E-state index contributed by atoms with van der Waals surface area (Å²) in [6.07, 6.45) is 3.63. The molecule has 1 spiro atoms. The Labute approximate surface area is 49.0 Å². The number of epoxide rings is 1. The maximum atomic E-state index is 5.75. The van der Waals surface area contributed by atoms with Crippen molar-refractivity contribution in [3.8, 4) is 0 Å². The molecule has 2 N–H and O–H groups in total. The minimum absolute atomic E-state index is 0.181. The summed E-state index contributed by atoms with van der Waals surface area (Å²) in [7, 11) is 0. The lowest BCUT2D eigenvalue weighted by molar-refractivity contribution is 0.287. The van der Waals surface area contributed by atoms with Crippen LogP contribution >= 0.6 is 0 Å². The summed E-state index contributed by atoms with van der Waals surface area (Å²) in [5.41, 5.74) is 5.93. The molecule has 0 aromatic rings. The molecule has 0 amide bonds. The highest BCUT2D eigenvalue weighted by atomic mass is 16.6. The van der Waals surface area contributed by atoms with Crippen LogP contribution in [0.25, 0.3) is 0 Å². The highest BCUT2D eigenvalue weighted by Gasteiger charge is 2.52. The Balaban J connectivity index is 2.12. The van der Waals surface area contributed by atoms with Crippen LogP contribution in [0.3, 0.4) is 0 Å². The number of nitrogens with two attached hydrogens (primary N) is 1. The van der Waals surface area contributed by atoms with E-state index in [9.17, 15) is 0 Å². The average molecular weight is 113 g/mol. The van der Waals surface area contributed by atoms with Gasteiger partial charge in [-0.2, -0.15) is 0 Å². The van der Waals surface area contributed by atoms with Crippen LogP contribution in [0.2, 0.25) is 0 Å². The van der Waals surface area contributed by atoms with Gasteiger partial charge in [-0.15, -0.1) is 0 Å². The van der Waals surface area contributed by atoms with E-state index < -0.39 is 0 Å². The number of ether oxygens (including phenoxy) is 1. The largest absolute Gasteiger partial charge is 0.368 e. The summed E-state index contributed by atoms with van der Waals surface area (Å²) in [6, 6.07) is 0.350. The van der Waals surface area contributed by atoms with Crippen molar-refractivity contribution >= 4 is 0 Å². The van der Waals surface area contributed by atoms with Crippen molar-refractivity contribution in [1.82, 2.24) is 0 Å². The van der Waals surface area contributed by atoms with Crippen LogP contribution in [0.4, 0.5) is 0 Å². The Morgan fingerprint density at radius 1 is 1.62 bits per heavy atom. The molecule has 2 aliphatic rings. The molecule has 1 aliphatic carbocycles. The van der Waals surface area contributed by atoms with Crippen LogP contribution in [0.5, 0.6) is 0 Å². The lowest BCUT2D eigenvalue weighted by Crippen LogP contribution is -2.31. The molecule has 8 heavy (non-hydrogen) atoms. The first-order chi connectivity index (χ1) is 3.83. The van der Waals surface area contributed by atoms with Gasteiger partial charge in [-0.25, -0.2) is 0 Å². The monoisotopic (exact) mass is 113 g/mol. The van der Waals surface area contributed by atoms with Crippen molar-refractivity contribution < 1.29 is 4.74 Å². The SMILES string of the molecule is NC1CCCC12CO2. The van der Waals surface area contributed by atoms with Crippen LogP contribution in [-0.4, -0.2) is 18.2 Å². The third-order valence-corrected chi connectivity index (χ3v) is 2.31. The summed E-state index contributed by atoms with van der Waals surface area (Å²) in [5.74, 6) is 0. The van der Waals surface area contributed by atoms with Gasteiger partial charge in [-0.3, -0.25) is 0 Å². The lowest BCUT2D eigenvalue weighted by Gasteiger charge is -2.06. The zero-order valence-electron chi connectivity index (χ0n) is 4.89. The van der Waals surface area contributed by atoms with Crippen molar-refractivity contribution in [2.75, 3.05) is 6.61 Å². The molecule has 1 saturated heterocycles. The van der Waals surface area contributed by atoms with Gasteiger partial charge in [0.25, 0.3) is 0 Å². The minimum atomic E-state index is 0.181. The number of hydrogen-bond donors (Lipinski definition) is 1. The van der Waals surface area contributed by atoms with Gasteiger partial charge in [-0.1, -0.05) is 0 Å². The molecule has 2 atom stereocenters. The number of hydrogen-bond acceptors (Lipinski definition) is 2. The molecule has 2 unspecified atom stereocenters. The molecule has 1 heterocycles. The molecule has 2 rings (SSSR count). The second-order valence-electron chi connectivity index (χ2n) is 2.85. The molecular weight excluding hydrogens is 102 g/mol. The second-order valence-corrected chi connectivity index (χ2v) is 2.85. The molecule has 1 aliphatic heterocycles. The molecule has 0 radical (unpaired) electrons. The molecule has 2 heteroatoms. The quantitative estimate of drug-likeness (QED) is 0.458. The molecule has 2 nitrogen and oxygen atoms in total. The molecule has 2 fully saturated rings. The van der Waals surface area contributed by atoms with Crippen molar-refractivity contribution in [3.63, 3.8) is 0 Å². The van der Waals surface area contributed by atoms with E-state index in [0.717, 1.165) is 6.61 Å². The molecule has 1 saturated carbocycles. The predicted molar refractivity (Wildman–Crippen MR) is 30.5 cm³/mol. The third-order valence-electron chi connectivity index (χ3n) is 2.31. The summed E-state index contributed by atoms with van der Waals surface area (Å²) in [4.78, 5) is 0. The topological polar surface area (TPSA) is 38.5 Å². The summed E-state index contributed by atoms with van der Waals surface area (Å²) in [5, 5.41) is 0. The fraction of sp³-hybridized carbons (Fsp3) is 1.00. The Morgan fingerprint density at radius 2 is 2.38 bits per heavy atom. The maximum Gasteiger partial charge on any atom is 0.107 e. The van der Waals surface area contributed by atoms with E-state index in [1.54, 1.807) is 0 Å². The van der Waals surface area contributed by atoms with Crippen molar-refractivity contribution in [3.05, 3.63) is 0 Å². The summed E-state index contributed by atoms with van der Waals surface area (Å²) < 4.78 is 5.24. The van der Waals surface area contributed by atoms with Gasteiger partial charge in [0.1, 0.15) is 5.60 Å². The molecule has 0 bridgehead atoms. The van der Waals surface area contributed by atoms with E-state index in [1.807, 2.05) is 0 Å². The van der Waals surface area contributed by atoms with E-state index in [0.29, 0.717) is 6.04 Å². The average Bonchev–Trinajstić information content (AvgIpc) is 2.39. The van der Waals surface area contributed by atoms with Crippen LogP contribution in [0.1, 0.15) is 19.3 Å². The van der Waals surface area contributed by atoms with Gasteiger partial charge in [0.05, 0.1) is 6.61 Å². The van der Waals surface area contributed by atoms with E-state index in [2.05, 4.69) is 0 Å². The van der Waals surface area contributed by atoms with E-state index in [1.165, 1.54) is 19.3 Å². The first-order valence-electron chi connectivity index (χ1n) is 3.23. The van der Waals surface area contributed by atoms with Gasteiger partial charge in [0, 0.05) is 6.04 Å². The van der Waals surface area contributed by atoms with E-state index in [4.69, 9.17) is 10.5 Å². The Kier molecular flexibility index (Phi) is 0.746. The highest BCUT2D eigenvalue weighted by Crippen LogP contribution is 2.42. The molecule has 0 aromatic carbocycles. The molecule has 0 aromatic heterocycles. The highest BCUT2D eigenvalue weighted by molar-refractivity contribution is 5.05. The van der Waals surface area contributed by atoms with Crippen molar-refractivity contribution in [2.45, 2.75) is 30.9 Å². The van der Waals surface area contributed by atoms with Gasteiger partial charge >= 0.3 is 0 Å². The van der Waals surface area contributed by atoms with Crippen LogP contribution < -0.4 is 5.73 Å². The van der Waals surface area contributed by atoms with Crippen LogP contribution in [0, 0.1) is 0 Å². The normalized spacial score (nSPS) is 52.9. The van der Waals surface area contributed by atoms with Crippen LogP contribution in [0.15, 0.2) is 0 Å². The maximum absolute atomic E-state index is 5.75. The fourth-order valence-corrected chi connectivity index (χ4v) is 1.52. The standard InChI is InChI=1S/C6H11NO/c7-5-2-1-3-6(5)4-8-6/h5H,1-4,7H2. The van der Waals surface area contributed by atoms with E-state index in [-0.39, 0.29) is 5.60 Å². The Morgan fingerprint density at radius 3 is 2.62 bits per heavy atom. The van der Waals surface area contributed by atoms with Crippen molar-refractivity contribution in [1.29, 1.82) is 0 Å². The fourth-order valence-electron chi connectivity index (χ4n) is 1.52. The van der Waals surface area contributed by atoms with Crippen LogP contribution in [-0.2, 0) is 4.74 Å². The summed E-state index contributed by atoms with van der Waals surface area (Å²) >= 11 is 0.